The third-order valence-corrected chi connectivity index (χ3v) is 2.39. The number of nitrogens with zero attached hydrogens (tertiary/aromatic N) is 1. The van der Waals surface area contributed by atoms with Crippen LogP contribution < -0.4 is 4.74 Å². The van der Waals surface area contributed by atoms with Crippen molar-refractivity contribution in [1.29, 1.82) is 0 Å². The average Bonchev–Trinajstić information content (AvgIpc) is 2.28. The van der Waals surface area contributed by atoms with Gasteiger partial charge in [0.1, 0.15) is 0 Å². The van der Waals surface area contributed by atoms with Crippen molar-refractivity contribution < 1.29 is 14.5 Å². The summed E-state index contributed by atoms with van der Waals surface area (Å²) in [6.45, 7) is 1.53. The largest absolute Gasteiger partial charge is 0.490 e. The zero-order chi connectivity index (χ0) is 13.0. The third-order valence-electron chi connectivity index (χ3n) is 2.09. The summed E-state index contributed by atoms with van der Waals surface area (Å²) >= 11 is 5.27. The molecule has 0 aromatic heterocycles. The minimum absolute atomic E-state index is 0.156. The van der Waals surface area contributed by atoms with E-state index in [4.69, 9.17) is 16.3 Å². The highest BCUT2D eigenvalue weighted by molar-refractivity contribution is 6.68. The molecule has 17 heavy (non-hydrogen) atoms. The van der Waals surface area contributed by atoms with E-state index < -0.39 is 10.2 Å². The number of hydrogen-bond acceptors (Lipinski definition) is 4. The molecule has 0 saturated heterocycles. The van der Waals surface area contributed by atoms with Gasteiger partial charge in [0.2, 0.25) is 5.24 Å². The standard InChI is InChI=1S/C11H10ClNO4/c1-7(11(12)14)5-8-3-4-10(17-2)9(6-8)13(15)16/h3-6H,1-2H3/b7-5+. The first-order chi connectivity index (χ1) is 7.95. The number of methoxy groups -OCH3 is 1. The van der Waals surface area contributed by atoms with Crippen LogP contribution in [0.2, 0.25) is 0 Å². The lowest BCUT2D eigenvalue weighted by molar-refractivity contribution is -0.385. The van der Waals surface area contributed by atoms with Gasteiger partial charge in [-0.3, -0.25) is 14.9 Å². The normalized spacial score (nSPS) is 11.1. The lowest BCUT2D eigenvalue weighted by Gasteiger charge is -2.02. The maximum Gasteiger partial charge on any atom is 0.311 e. The molecule has 0 unspecified atom stereocenters. The van der Waals surface area contributed by atoms with E-state index in [0.29, 0.717) is 11.1 Å². The summed E-state index contributed by atoms with van der Waals surface area (Å²) in [6, 6.07) is 4.40. The molecular formula is C11H10ClNO4. The molecule has 0 aliphatic carbocycles. The Labute approximate surface area is 103 Å². The number of rotatable bonds is 4. The summed E-state index contributed by atoms with van der Waals surface area (Å²) in [5.74, 6) is 0.169. The van der Waals surface area contributed by atoms with Gasteiger partial charge in [0.05, 0.1) is 12.0 Å². The van der Waals surface area contributed by atoms with Crippen molar-refractivity contribution in [2.45, 2.75) is 6.92 Å². The van der Waals surface area contributed by atoms with E-state index in [1.54, 1.807) is 6.07 Å². The van der Waals surface area contributed by atoms with Gasteiger partial charge in [-0.1, -0.05) is 6.07 Å². The lowest BCUT2D eigenvalue weighted by Crippen LogP contribution is -1.94. The van der Waals surface area contributed by atoms with Crippen LogP contribution in [0.1, 0.15) is 12.5 Å². The van der Waals surface area contributed by atoms with Crippen LogP contribution in [0.5, 0.6) is 5.75 Å². The van der Waals surface area contributed by atoms with E-state index in [0.717, 1.165) is 0 Å². The second kappa shape index (κ2) is 5.45. The topological polar surface area (TPSA) is 69.4 Å². The summed E-state index contributed by atoms with van der Waals surface area (Å²) in [5, 5.41) is 10.2. The minimum atomic E-state index is -0.594. The fourth-order valence-corrected chi connectivity index (χ4v) is 1.30. The molecule has 0 radical (unpaired) electrons. The number of halogens is 1. The second-order valence-electron chi connectivity index (χ2n) is 3.29. The molecular weight excluding hydrogens is 246 g/mol. The Morgan fingerprint density at radius 3 is 2.65 bits per heavy atom. The van der Waals surface area contributed by atoms with Crippen molar-refractivity contribution in [2.24, 2.45) is 0 Å². The maximum absolute atomic E-state index is 10.8. The first-order valence-electron chi connectivity index (χ1n) is 4.66. The van der Waals surface area contributed by atoms with E-state index >= 15 is 0 Å². The van der Waals surface area contributed by atoms with Gasteiger partial charge in [-0.25, -0.2) is 0 Å². The quantitative estimate of drug-likeness (QED) is 0.359. The fraction of sp³-hybridized carbons (Fsp3) is 0.182. The Kier molecular flexibility index (Phi) is 4.23. The van der Waals surface area contributed by atoms with Gasteiger partial charge in [0, 0.05) is 11.6 Å². The highest BCUT2D eigenvalue weighted by Crippen LogP contribution is 2.28. The fourth-order valence-electron chi connectivity index (χ4n) is 1.25. The Morgan fingerprint density at radius 2 is 2.18 bits per heavy atom. The number of allylic oxidation sites excluding steroid dienone is 1. The van der Waals surface area contributed by atoms with Gasteiger partial charge in [-0.15, -0.1) is 0 Å². The number of ether oxygens (including phenoxy) is 1. The van der Waals surface area contributed by atoms with Crippen LogP contribution >= 0.6 is 11.6 Å². The van der Waals surface area contributed by atoms with E-state index in [2.05, 4.69) is 0 Å². The summed E-state index contributed by atoms with van der Waals surface area (Å²) in [6.07, 6.45) is 1.47. The highest BCUT2D eigenvalue weighted by Gasteiger charge is 2.14. The van der Waals surface area contributed by atoms with Gasteiger partial charge in [0.25, 0.3) is 0 Å². The van der Waals surface area contributed by atoms with Crippen LogP contribution in [0.15, 0.2) is 23.8 Å². The summed E-state index contributed by atoms with van der Waals surface area (Å²) in [4.78, 5) is 21.0. The third kappa shape index (κ3) is 3.29. The predicted octanol–water partition coefficient (Wildman–Crippen LogP) is 2.77. The van der Waals surface area contributed by atoms with Gasteiger partial charge in [-0.05, 0) is 36.2 Å². The smallest absolute Gasteiger partial charge is 0.311 e. The zero-order valence-corrected chi connectivity index (χ0v) is 10.0. The Bertz CT molecular complexity index is 496. The van der Waals surface area contributed by atoms with Crippen LogP contribution in [0.4, 0.5) is 5.69 Å². The molecule has 0 aliphatic heterocycles. The molecule has 0 heterocycles. The van der Waals surface area contributed by atoms with E-state index in [9.17, 15) is 14.9 Å². The van der Waals surface area contributed by atoms with Crippen molar-refractivity contribution in [1.82, 2.24) is 0 Å². The van der Waals surface area contributed by atoms with Crippen LogP contribution in [0.25, 0.3) is 6.08 Å². The monoisotopic (exact) mass is 255 g/mol. The highest BCUT2D eigenvalue weighted by atomic mass is 35.5. The molecule has 0 amide bonds. The van der Waals surface area contributed by atoms with Gasteiger partial charge >= 0.3 is 5.69 Å². The maximum atomic E-state index is 10.8. The molecule has 90 valence electrons. The molecule has 0 N–H and O–H groups in total. The second-order valence-corrected chi connectivity index (χ2v) is 3.63. The molecule has 0 aliphatic rings. The molecule has 5 nitrogen and oxygen atoms in total. The summed E-state index contributed by atoms with van der Waals surface area (Å²) in [7, 11) is 1.35. The average molecular weight is 256 g/mol. The van der Waals surface area contributed by atoms with Gasteiger partial charge < -0.3 is 4.74 Å². The Hall–Kier alpha value is -1.88. The first kappa shape index (κ1) is 13.2. The number of hydrogen-bond donors (Lipinski definition) is 0. The number of nitro groups is 1. The van der Waals surface area contributed by atoms with E-state index in [-0.39, 0.29) is 11.4 Å². The van der Waals surface area contributed by atoms with Crippen molar-refractivity contribution in [3.63, 3.8) is 0 Å². The SMILES string of the molecule is COc1ccc(/C=C(\C)C(=O)Cl)cc1[N+](=O)[O-]. The molecule has 1 aromatic carbocycles. The van der Waals surface area contributed by atoms with Gasteiger partial charge in [-0.2, -0.15) is 0 Å². The van der Waals surface area contributed by atoms with Crippen LogP contribution in [-0.2, 0) is 4.79 Å². The number of carbonyl (C=O) groups is 1. The molecule has 1 aromatic rings. The summed E-state index contributed by atoms with van der Waals surface area (Å²) < 4.78 is 4.86. The van der Waals surface area contributed by atoms with E-state index in [1.165, 1.54) is 32.2 Å². The van der Waals surface area contributed by atoms with Crippen molar-refractivity contribution >= 4 is 28.6 Å². The predicted molar refractivity (Wildman–Crippen MR) is 64.2 cm³/mol. The Balaban J connectivity index is 3.22. The van der Waals surface area contributed by atoms with Crippen LogP contribution in [0.3, 0.4) is 0 Å². The number of carbonyl (C=O) groups excluding carboxylic acids is 1. The molecule has 0 bridgehead atoms. The molecule has 0 atom stereocenters. The van der Waals surface area contributed by atoms with E-state index in [1.807, 2.05) is 0 Å². The van der Waals surface area contributed by atoms with Crippen molar-refractivity contribution in [3.05, 3.63) is 39.4 Å². The molecule has 0 fully saturated rings. The lowest BCUT2D eigenvalue weighted by atomic mass is 10.1. The minimum Gasteiger partial charge on any atom is -0.490 e. The molecule has 0 saturated carbocycles. The van der Waals surface area contributed by atoms with Crippen molar-refractivity contribution in [2.75, 3.05) is 7.11 Å². The molecule has 0 spiro atoms. The molecule has 1 rings (SSSR count). The Morgan fingerprint density at radius 1 is 1.53 bits per heavy atom. The van der Waals surface area contributed by atoms with Crippen LogP contribution in [-0.4, -0.2) is 17.3 Å². The first-order valence-corrected chi connectivity index (χ1v) is 5.04. The van der Waals surface area contributed by atoms with Crippen LogP contribution in [0, 0.1) is 10.1 Å². The molecule has 6 heteroatoms. The summed E-state index contributed by atoms with van der Waals surface area (Å²) in [5.41, 5.74) is 0.672. The number of benzene rings is 1. The zero-order valence-electron chi connectivity index (χ0n) is 9.27. The van der Waals surface area contributed by atoms with Gasteiger partial charge in [0.15, 0.2) is 5.75 Å². The van der Waals surface area contributed by atoms with Crippen molar-refractivity contribution in [3.8, 4) is 5.75 Å². The number of nitro benzene ring substituents is 1.